The van der Waals surface area contributed by atoms with Gasteiger partial charge in [-0.05, 0) is 25.1 Å². The Morgan fingerprint density at radius 2 is 2.24 bits per heavy atom. The van der Waals surface area contributed by atoms with E-state index in [2.05, 4.69) is 9.99 Å². The van der Waals surface area contributed by atoms with E-state index in [9.17, 15) is 9.18 Å². The molecule has 0 radical (unpaired) electrons. The van der Waals surface area contributed by atoms with Gasteiger partial charge in [0.15, 0.2) is 5.71 Å². The first-order valence-corrected chi connectivity index (χ1v) is 5.21. The van der Waals surface area contributed by atoms with Crippen LogP contribution < -0.4 is 0 Å². The molecule has 0 N–H and O–H groups in total. The van der Waals surface area contributed by atoms with E-state index >= 15 is 0 Å². The number of halogens is 2. The van der Waals surface area contributed by atoms with E-state index < -0.39 is 11.8 Å². The van der Waals surface area contributed by atoms with Gasteiger partial charge in [0.05, 0.1) is 11.6 Å². The maximum atomic E-state index is 12.9. The fourth-order valence-electron chi connectivity index (χ4n) is 1.17. The van der Waals surface area contributed by atoms with Gasteiger partial charge in [0, 0.05) is 5.56 Å². The minimum atomic E-state index is -0.678. The van der Waals surface area contributed by atoms with Crippen LogP contribution in [0.4, 0.5) is 4.39 Å². The molecule has 17 heavy (non-hydrogen) atoms. The summed E-state index contributed by atoms with van der Waals surface area (Å²) in [7, 11) is 1.29. The summed E-state index contributed by atoms with van der Waals surface area (Å²) >= 11 is 5.82. The lowest BCUT2D eigenvalue weighted by Crippen LogP contribution is -2.19. The second-order valence-corrected chi connectivity index (χ2v) is 3.37. The molecular weight excluding hydrogens is 249 g/mol. The van der Waals surface area contributed by atoms with Crippen molar-refractivity contribution in [3.63, 3.8) is 0 Å². The quantitative estimate of drug-likeness (QED) is 0.474. The highest BCUT2D eigenvalue weighted by Crippen LogP contribution is 2.19. The molecule has 92 valence electrons. The van der Waals surface area contributed by atoms with Crippen molar-refractivity contribution >= 4 is 23.3 Å². The van der Waals surface area contributed by atoms with Crippen molar-refractivity contribution in [2.24, 2.45) is 5.16 Å². The highest BCUT2D eigenvalue weighted by atomic mass is 35.5. The standard InChI is InChI=1S/C11H11ClFNO3/c1-3-17-11(15)10(14-16-2)8-5-4-7(13)6-9(8)12/h4-6H,3H2,1-2H3/b14-10+. The van der Waals surface area contributed by atoms with Gasteiger partial charge in [-0.25, -0.2) is 9.18 Å². The highest BCUT2D eigenvalue weighted by Gasteiger charge is 2.19. The van der Waals surface area contributed by atoms with Crippen LogP contribution in [0.25, 0.3) is 0 Å². The van der Waals surface area contributed by atoms with E-state index in [1.165, 1.54) is 19.2 Å². The number of carbonyl (C=O) groups is 1. The van der Waals surface area contributed by atoms with E-state index in [4.69, 9.17) is 16.3 Å². The van der Waals surface area contributed by atoms with Crippen LogP contribution in [0.2, 0.25) is 5.02 Å². The largest absolute Gasteiger partial charge is 0.461 e. The first kappa shape index (κ1) is 13.4. The zero-order chi connectivity index (χ0) is 12.8. The van der Waals surface area contributed by atoms with E-state index in [0.717, 1.165) is 6.07 Å². The first-order chi connectivity index (χ1) is 8.10. The van der Waals surface area contributed by atoms with Crippen molar-refractivity contribution < 1.29 is 18.8 Å². The molecule has 0 aliphatic carbocycles. The Bertz CT molecular complexity index is 448. The lowest BCUT2D eigenvalue weighted by Gasteiger charge is -2.07. The molecule has 0 amide bonds. The summed E-state index contributed by atoms with van der Waals surface area (Å²) in [6.45, 7) is 1.86. The predicted octanol–water partition coefficient (Wildman–Crippen LogP) is 2.39. The van der Waals surface area contributed by atoms with Gasteiger partial charge >= 0.3 is 5.97 Å². The predicted molar refractivity (Wildman–Crippen MR) is 61.6 cm³/mol. The normalized spacial score (nSPS) is 11.2. The summed E-state index contributed by atoms with van der Waals surface area (Å²) in [6.07, 6.45) is 0. The van der Waals surface area contributed by atoms with Gasteiger partial charge < -0.3 is 9.57 Å². The number of esters is 1. The molecule has 0 unspecified atom stereocenters. The van der Waals surface area contributed by atoms with Crippen LogP contribution in [0.1, 0.15) is 12.5 Å². The molecule has 0 saturated heterocycles. The average molecular weight is 260 g/mol. The van der Waals surface area contributed by atoms with Gasteiger partial charge in [0.1, 0.15) is 12.9 Å². The van der Waals surface area contributed by atoms with Gasteiger partial charge in [0.2, 0.25) is 0 Å². The Labute approximate surface area is 103 Å². The third-order valence-electron chi connectivity index (χ3n) is 1.84. The summed E-state index contributed by atoms with van der Waals surface area (Å²) in [6, 6.07) is 3.60. The smallest absolute Gasteiger partial charge is 0.361 e. The molecule has 0 saturated carbocycles. The van der Waals surface area contributed by atoms with Crippen LogP contribution in [0.5, 0.6) is 0 Å². The topological polar surface area (TPSA) is 47.9 Å². The van der Waals surface area contributed by atoms with Gasteiger partial charge in [-0.2, -0.15) is 0 Å². The Morgan fingerprint density at radius 3 is 2.76 bits per heavy atom. The number of hydrogen-bond acceptors (Lipinski definition) is 4. The second kappa shape index (κ2) is 6.20. The monoisotopic (exact) mass is 259 g/mol. The van der Waals surface area contributed by atoms with Crippen LogP contribution in [0, 0.1) is 5.82 Å². The van der Waals surface area contributed by atoms with Crippen molar-refractivity contribution in [3.8, 4) is 0 Å². The van der Waals surface area contributed by atoms with Crippen LogP contribution in [-0.2, 0) is 14.4 Å². The molecule has 4 nitrogen and oxygen atoms in total. The molecule has 1 rings (SSSR count). The Balaban J connectivity index is 3.15. The number of rotatable bonds is 4. The minimum Gasteiger partial charge on any atom is -0.461 e. The van der Waals surface area contributed by atoms with E-state index in [1.54, 1.807) is 6.92 Å². The molecule has 0 aliphatic rings. The number of carbonyl (C=O) groups excluding carboxylic acids is 1. The molecule has 0 heterocycles. The fourth-order valence-corrected chi connectivity index (χ4v) is 1.43. The van der Waals surface area contributed by atoms with Crippen molar-refractivity contribution in [1.29, 1.82) is 0 Å². The summed E-state index contributed by atoms with van der Waals surface area (Å²) in [5.41, 5.74) is 0.160. The fraction of sp³-hybridized carbons (Fsp3) is 0.273. The number of hydrogen-bond donors (Lipinski definition) is 0. The number of nitrogens with zero attached hydrogens (tertiary/aromatic N) is 1. The summed E-state index contributed by atoms with van der Waals surface area (Å²) in [4.78, 5) is 16.1. The number of ether oxygens (including phenoxy) is 1. The van der Waals surface area contributed by atoms with E-state index in [0.29, 0.717) is 0 Å². The molecule has 0 fully saturated rings. The molecule has 6 heteroatoms. The van der Waals surface area contributed by atoms with Crippen LogP contribution in [0.3, 0.4) is 0 Å². The molecule has 0 aliphatic heterocycles. The van der Waals surface area contributed by atoms with Crippen molar-refractivity contribution in [3.05, 3.63) is 34.6 Å². The molecule has 0 atom stereocenters. The summed E-state index contributed by atoms with van der Waals surface area (Å²) in [5, 5.41) is 3.60. The lowest BCUT2D eigenvalue weighted by molar-refractivity contribution is -0.135. The maximum absolute atomic E-state index is 12.9. The van der Waals surface area contributed by atoms with Crippen molar-refractivity contribution in [2.45, 2.75) is 6.92 Å². The highest BCUT2D eigenvalue weighted by molar-refractivity contribution is 6.47. The maximum Gasteiger partial charge on any atom is 0.361 e. The van der Waals surface area contributed by atoms with Crippen LogP contribution in [-0.4, -0.2) is 25.4 Å². The molecule has 1 aromatic carbocycles. The lowest BCUT2D eigenvalue weighted by atomic mass is 10.1. The minimum absolute atomic E-state index is 0.0638. The number of oxime groups is 1. The molecule has 0 spiro atoms. The van der Waals surface area contributed by atoms with Crippen molar-refractivity contribution in [2.75, 3.05) is 13.7 Å². The van der Waals surface area contributed by atoms with Crippen molar-refractivity contribution in [1.82, 2.24) is 0 Å². The third-order valence-corrected chi connectivity index (χ3v) is 2.15. The molecule has 0 bridgehead atoms. The Hall–Kier alpha value is -1.62. The van der Waals surface area contributed by atoms with Gasteiger partial charge in [-0.3, -0.25) is 0 Å². The van der Waals surface area contributed by atoms with Crippen LogP contribution in [0.15, 0.2) is 23.4 Å². The van der Waals surface area contributed by atoms with Gasteiger partial charge in [-0.1, -0.05) is 16.8 Å². The average Bonchev–Trinajstić information content (AvgIpc) is 2.27. The SMILES string of the molecule is CCOC(=O)/C(=N/OC)c1ccc(F)cc1Cl. The van der Waals surface area contributed by atoms with E-state index in [1.807, 2.05) is 0 Å². The Kier molecular flexibility index (Phi) is 4.90. The zero-order valence-electron chi connectivity index (χ0n) is 9.37. The van der Waals surface area contributed by atoms with Gasteiger partial charge in [-0.15, -0.1) is 0 Å². The van der Waals surface area contributed by atoms with Gasteiger partial charge in [0.25, 0.3) is 0 Å². The second-order valence-electron chi connectivity index (χ2n) is 2.97. The number of benzene rings is 1. The zero-order valence-corrected chi connectivity index (χ0v) is 10.1. The third kappa shape index (κ3) is 3.42. The molecule has 0 aromatic heterocycles. The van der Waals surface area contributed by atoms with Crippen LogP contribution >= 0.6 is 11.6 Å². The summed E-state index contributed by atoms with van der Waals surface area (Å²) in [5.74, 6) is -1.18. The molecule has 1 aromatic rings. The summed E-state index contributed by atoms with van der Waals surface area (Å²) < 4.78 is 17.7. The molecular formula is C11H11ClFNO3. The first-order valence-electron chi connectivity index (χ1n) is 4.83. The Morgan fingerprint density at radius 1 is 1.53 bits per heavy atom. The van der Waals surface area contributed by atoms with E-state index in [-0.39, 0.29) is 22.9 Å².